The second-order valence-electron chi connectivity index (χ2n) is 4.90. The first-order valence-corrected chi connectivity index (χ1v) is 6.78. The van der Waals surface area contributed by atoms with Crippen molar-refractivity contribution in [3.8, 4) is 0 Å². The van der Waals surface area contributed by atoms with Crippen LogP contribution in [0.5, 0.6) is 0 Å². The van der Waals surface area contributed by atoms with Gasteiger partial charge < -0.3 is 5.32 Å². The van der Waals surface area contributed by atoms with Crippen LogP contribution < -0.4 is 5.32 Å². The summed E-state index contributed by atoms with van der Waals surface area (Å²) in [5, 5.41) is 13.9. The second kappa shape index (κ2) is 6.95. The lowest BCUT2D eigenvalue weighted by Crippen LogP contribution is -2.21. The Kier molecular flexibility index (Phi) is 5.00. The van der Waals surface area contributed by atoms with Gasteiger partial charge in [-0.25, -0.2) is 4.39 Å². The van der Waals surface area contributed by atoms with Crippen molar-refractivity contribution in [2.75, 3.05) is 6.54 Å². The maximum Gasteiger partial charge on any atom is 0.269 e. The van der Waals surface area contributed by atoms with Gasteiger partial charge in [0.2, 0.25) is 0 Å². The number of halogens is 1. The van der Waals surface area contributed by atoms with Crippen LogP contribution in [-0.2, 0) is 6.42 Å². The van der Waals surface area contributed by atoms with Crippen molar-refractivity contribution in [2.24, 2.45) is 0 Å². The van der Waals surface area contributed by atoms with Crippen LogP contribution >= 0.6 is 0 Å². The van der Waals surface area contributed by atoms with E-state index in [-0.39, 0.29) is 17.5 Å². The molecule has 0 heterocycles. The molecule has 0 fully saturated rings. The highest BCUT2D eigenvalue weighted by atomic mass is 19.1. The summed E-state index contributed by atoms with van der Waals surface area (Å²) < 4.78 is 13.0. The van der Waals surface area contributed by atoms with Gasteiger partial charge in [0.15, 0.2) is 0 Å². The summed E-state index contributed by atoms with van der Waals surface area (Å²) in [6.07, 6.45) is 0.731. The van der Waals surface area contributed by atoms with Crippen molar-refractivity contribution < 1.29 is 9.31 Å². The molecule has 5 heteroatoms. The Hall–Kier alpha value is -2.27. The van der Waals surface area contributed by atoms with Gasteiger partial charge in [0, 0.05) is 18.2 Å². The van der Waals surface area contributed by atoms with Crippen molar-refractivity contribution in [1.29, 1.82) is 0 Å². The molecule has 2 aromatic rings. The van der Waals surface area contributed by atoms with E-state index in [4.69, 9.17) is 0 Å². The van der Waals surface area contributed by atoms with Gasteiger partial charge in [-0.3, -0.25) is 10.1 Å². The monoisotopic (exact) mass is 288 g/mol. The molecule has 0 aliphatic carbocycles. The summed E-state index contributed by atoms with van der Waals surface area (Å²) >= 11 is 0. The van der Waals surface area contributed by atoms with Crippen LogP contribution in [0.15, 0.2) is 48.5 Å². The fraction of sp³-hybridized carbons (Fsp3) is 0.250. The lowest BCUT2D eigenvalue weighted by atomic mass is 10.1. The highest BCUT2D eigenvalue weighted by molar-refractivity contribution is 5.34. The highest BCUT2D eigenvalue weighted by Gasteiger charge is 2.08. The van der Waals surface area contributed by atoms with Gasteiger partial charge in [-0.15, -0.1) is 0 Å². The minimum absolute atomic E-state index is 0.0827. The Morgan fingerprint density at radius 2 is 1.95 bits per heavy atom. The van der Waals surface area contributed by atoms with Crippen LogP contribution in [0.3, 0.4) is 0 Å². The predicted octanol–water partition coefficient (Wildman–Crippen LogP) is 3.63. The van der Waals surface area contributed by atoms with E-state index in [0.29, 0.717) is 6.54 Å². The average Bonchev–Trinajstić information content (AvgIpc) is 2.47. The van der Waals surface area contributed by atoms with E-state index in [1.54, 1.807) is 18.2 Å². The lowest BCUT2D eigenvalue weighted by Gasteiger charge is -2.14. The molecule has 0 aliphatic rings. The molecular weight excluding hydrogens is 271 g/mol. The van der Waals surface area contributed by atoms with Crippen LogP contribution in [-0.4, -0.2) is 11.5 Å². The number of non-ortho nitro benzene ring substituents is 1. The van der Waals surface area contributed by atoms with Gasteiger partial charge in [-0.2, -0.15) is 0 Å². The fourth-order valence-corrected chi connectivity index (χ4v) is 2.13. The first kappa shape index (κ1) is 15.1. The number of hydrogen-bond acceptors (Lipinski definition) is 3. The number of benzene rings is 2. The number of nitrogens with zero attached hydrogens (tertiary/aromatic N) is 1. The summed E-state index contributed by atoms with van der Waals surface area (Å²) in [6.45, 7) is 2.70. The zero-order chi connectivity index (χ0) is 15.2. The molecule has 0 saturated carbocycles. The maximum absolute atomic E-state index is 13.0. The Balaban J connectivity index is 1.86. The van der Waals surface area contributed by atoms with Crippen LogP contribution in [0.2, 0.25) is 0 Å². The van der Waals surface area contributed by atoms with Crippen LogP contribution in [0.4, 0.5) is 10.1 Å². The largest absolute Gasteiger partial charge is 0.310 e. The molecule has 2 aromatic carbocycles. The van der Waals surface area contributed by atoms with Gasteiger partial charge >= 0.3 is 0 Å². The summed E-state index contributed by atoms with van der Waals surface area (Å²) in [5.74, 6) is -0.226. The number of rotatable bonds is 6. The molecule has 0 aliphatic heterocycles. The minimum atomic E-state index is -0.411. The topological polar surface area (TPSA) is 55.2 Å². The van der Waals surface area contributed by atoms with E-state index in [2.05, 4.69) is 5.32 Å². The third kappa shape index (κ3) is 4.36. The van der Waals surface area contributed by atoms with E-state index >= 15 is 0 Å². The van der Waals surface area contributed by atoms with E-state index in [1.165, 1.54) is 24.3 Å². The highest BCUT2D eigenvalue weighted by Crippen LogP contribution is 2.17. The Morgan fingerprint density at radius 3 is 2.57 bits per heavy atom. The van der Waals surface area contributed by atoms with Crippen LogP contribution in [0, 0.1) is 15.9 Å². The summed E-state index contributed by atoms with van der Waals surface area (Å²) in [6, 6.07) is 13.1. The molecule has 1 atom stereocenters. The van der Waals surface area contributed by atoms with Crippen molar-refractivity contribution >= 4 is 5.69 Å². The third-order valence-electron chi connectivity index (χ3n) is 3.36. The minimum Gasteiger partial charge on any atom is -0.310 e. The molecule has 0 bridgehead atoms. The van der Waals surface area contributed by atoms with Crippen LogP contribution in [0.25, 0.3) is 0 Å². The Bertz CT molecular complexity index is 614. The molecule has 0 amide bonds. The molecule has 1 unspecified atom stereocenters. The smallest absolute Gasteiger partial charge is 0.269 e. The average molecular weight is 288 g/mol. The quantitative estimate of drug-likeness (QED) is 0.652. The van der Waals surface area contributed by atoms with Crippen molar-refractivity contribution in [2.45, 2.75) is 19.4 Å². The third-order valence-corrected chi connectivity index (χ3v) is 3.36. The Morgan fingerprint density at radius 1 is 1.24 bits per heavy atom. The molecular formula is C16H17FN2O2. The lowest BCUT2D eigenvalue weighted by molar-refractivity contribution is -0.384. The zero-order valence-corrected chi connectivity index (χ0v) is 11.8. The van der Waals surface area contributed by atoms with Crippen molar-refractivity contribution in [1.82, 2.24) is 5.32 Å². The predicted molar refractivity (Wildman–Crippen MR) is 79.6 cm³/mol. The van der Waals surface area contributed by atoms with E-state index in [0.717, 1.165) is 17.5 Å². The van der Waals surface area contributed by atoms with E-state index in [1.807, 2.05) is 13.0 Å². The van der Waals surface area contributed by atoms with Gasteiger partial charge in [0.25, 0.3) is 5.69 Å². The van der Waals surface area contributed by atoms with Crippen molar-refractivity contribution in [3.63, 3.8) is 0 Å². The van der Waals surface area contributed by atoms with Gasteiger partial charge in [-0.1, -0.05) is 24.3 Å². The number of hydrogen-bond donors (Lipinski definition) is 1. The SMILES string of the molecule is CC(NCCc1cccc(F)c1)c1ccc([N+](=O)[O-])cc1. The number of nitro benzene ring substituents is 1. The molecule has 4 nitrogen and oxygen atoms in total. The van der Waals surface area contributed by atoms with E-state index in [9.17, 15) is 14.5 Å². The molecule has 2 rings (SSSR count). The molecule has 0 radical (unpaired) electrons. The Labute approximate surface area is 122 Å². The first-order chi connectivity index (χ1) is 10.1. The van der Waals surface area contributed by atoms with Gasteiger partial charge in [-0.05, 0) is 43.1 Å². The molecule has 110 valence electrons. The standard InChI is InChI=1S/C16H17FN2O2/c1-12(14-5-7-16(8-6-14)19(20)21)18-10-9-13-3-2-4-15(17)11-13/h2-8,11-12,18H,9-10H2,1H3. The number of nitro groups is 1. The van der Waals surface area contributed by atoms with E-state index < -0.39 is 4.92 Å². The summed E-state index contributed by atoms with van der Waals surface area (Å²) in [7, 11) is 0. The zero-order valence-electron chi connectivity index (χ0n) is 11.8. The maximum atomic E-state index is 13.0. The van der Waals surface area contributed by atoms with Crippen molar-refractivity contribution in [3.05, 3.63) is 75.6 Å². The molecule has 0 spiro atoms. The van der Waals surface area contributed by atoms with Crippen LogP contribution in [0.1, 0.15) is 24.1 Å². The number of nitrogens with one attached hydrogen (secondary N) is 1. The first-order valence-electron chi connectivity index (χ1n) is 6.78. The second-order valence-corrected chi connectivity index (χ2v) is 4.90. The van der Waals surface area contributed by atoms with Gasteiger partial charge in [0.05, 0.1) is 4.92 Å². The molecule has 0 saturated heterocycles. The summed E-state index contributed by atoms with van der Waals surface area (Å²) in [5.41, 5.74) is 2.02. The summed E-state index contributed by atoms with van der Waals surface area (Å²) in [4.78, 5) is 10.2. The fourth-order valence-electron chi connectivity index (χ4n) is 2.13. The normalized spacial score (nSPS) is 12.1. The molecule has 0 aromatic heterocycles. The van der Waals surface area contributed by atoms with Gasteiger partial charge in [0.1, 0.15) is 5.82 Å². The molecule has 21 heavy (non-hydrogen) atoms. The molecule has 1 N–H and O–H groups in total.